The van der Waals surface area contributed by atoms with Gasteiger partial charge in [0, 0.05) is 29.2 Å². The number of hydrogen-bond donors (Lipinski definition) is 1. The standard InChI is InChI=1S/C29H31ClN4O2/c1-3-5-19-31-28(35)27(34(20-4-2)29(36)22-11-7-6-8-12-22)25-13-9-10-14-26(25)33-21-32-24-17-15-23(30)16-18-24/h6-18,27H,3-5,19-20H2,1-2H3,(H,31,35). The predicted molar refractivity (Wildman–Crippen MR) is 146 cm³/mol. The van der Waals surface area contributed by atoms with E-state index in [4.69, 9.17) is 11.6 Å². The topological polar surface area (TPSA) is 74.1 Å². The lowest BCUT2D eigenvalue weighted by Crippen LogP contribution is -2.44. The Morgan fingerprint density at radius 1 is 0.917 bits per heavy atom. The van der Waals surface area contributed by atoms with E-state index < -0.39 is 6.04 Å². The van der Waals surface area contributed by atoms with Crippen molar-refractivity contribution in [3.63, 3.8) is 0 Å². The Bertz CT molecular complexity index is 1210. The molecule has 0 spiro atoms. The summed E-state index contributed by atoms with van der Waals surface area (Å²) in [5.41, 5.74) is 2.32. The van der Waals surface area contributed by atoms with Crippen LogP contribution in [0.15, 0.2) is 88.8 Å². The van der Waals surface area contributed by atoms with Gasteiger partial charge in [-0.3, -0.25) is 9.59 Å². The number of aliphatic imine (C=N–C) groups is 2. The summed E-state index contributed by atoms with van der Waals surface area (Å²) in [5, 5.41) is 3.63. The minimum absolute atomic E-state index is 0.207. The van der Waals surface area contributed by atoms with Crippen molar-refractivity contribution in [3.05, 3.63) is 95.0 Å². The molecule has 3 aromatic rings. The molecule has 0 radical (unpaired) electrons. The lowest BCUT2D eigenvalue weighted by Gasteiger charge is -2.32. The molecule has 0 aliphatic carbocycles. The summed E-state index contributed by atoms with van der Waals surface area (Å²) >= 11 is 5.94. The maximum Gasteiger partial charge on any atom is 0.254 e. The largest absolute Gasteiger partial charge is 0.354 e. The molecule has 6 nitrogen and oxygen atoms in total. The molecule has 0 saturated heterocycles. The molecule has 0 aliphatic rings. The molecule has 1 unspecified atom stereocenters. The van der Waals surface area contributed by atoms with Gasteiger partial charge in [-0.25, -0.2) is 0 Å². The summed E-state index contributed by atoms with van der Waals surface area (Å²) in [7, 11) is 0. The minimum atomic E-state index is -0.855. The highest BCUT2D eigenvalue weighted by atomic mass is 35.5. The molecule has 7 heteroatoms. The van der Waals surface area contributed by atoms with E-state index in [0.717, 1.165) is 12.8 Å². The summed E-state index contributed by atoms with van der Waals surface area (Å²) in [4.78, 5) is 37.5. The second-order valence-corrected chi connectivity index (χ2v) is 8.71. The van der Waals surface area contributed by atoms with Crippen LogP contribution < -0.4 is 5.32 Å². The van der Waals surface area contributed by atoms with E-state index in [-0.39, 0.29) is 11.8 Å². The van der Waals surface area contributed by atoms with Gasteiger partial charge in [-0.1, -0.05) is 68.3 Å². The van der Waals surface area contributed by atoms with E-state index in [0.29, 0.717) is 47.0 Å². The number of rotatable bonds is 11. The van der Waals surface area contributed by atoms with Gasteiger partial charge in [0.05, 0.1) is 11.4 Å². The molecule has 0 aromatic heterocycles. The first kappa shape index (κ1) is 26.9. The fourth-order valence-electron chi connectivity index (χ4n) is 3.74. The Kier molecular flexibility index (Phi) is 10.4. The third-order valence-corrected chi connectivity index (χ3v) is 5.80. The van der Waals surface area contributed by atoms with Crippen LogP contribution in [0.2, 0.25) is 5.02 Å². The first-order valence-electron chi connectivity index (χ1n) is 12.2. The van der Waals surface area contributed by atoms with E-state index in [1.165, 1.54) is 0 Å². The molecule has 3 rings (SSSR count). The van der Waals surface area contributed by atoms with Gasteiger partial charge < -0.3 is 10.2 Å². The fourth-order valence-corrected chi connectivity index (χ4v) is 3.87. The van der Waals surface area contributed by atoms with E-state index in [2.05, 4.69) is 28.2 Å². The third kappa shape index (κ3) is 7.38. The summed E-state index contributed by atoms with van der Waals surface area (Å²) in [6, 6.07) is 25.2. The zero-order valence-corrected chi connectivity index (χ0v) is 21.4. The Morgan fingerprint density at radius 2 is 1.61 bits per heavy atom. The lowest BCUT2D eigenvalue weighted by atomic mass is 10.0. The second kappa shape index (κ2) is 14.0. The molecule has 2 amide bonds. The number of benzene rings is 3. The van der Waals surface area contributed by atoms with Gasteiger partial charge >= 0.3 is 0 Å². The second-order valence-electron chi connectivity index (χ2n) is 8.27. The van der Waals surface area contributed by atoms with Crippen LogP contribution in [0.1, 0.15) is 55.1 Å². The van der Waals surface area contributed by atoms with Gasteiger partial charge in [-0.05, 0) is 55.3 Å². The van der Waals surface area contributed by atoms with Crippen molar-refractivity contribution in [2.45, 2.75) is 39.2 Å². The molecule has 1 N–H and O–H groups in total. The maximum atomic E-state index is 13.6. The molecule has 0 heterocycles. The zero-order chi connectivity index (χ0) is 25.8. The van der Waals surface area contributed by atoms with Crippen molar-refractivity contribution in [1.82, 2.24) is 10.2 Å². The molecular formula is C29H31ClN4O2. The number of para-hydroxylation sites is 1. The Hall–Kier alpha value is -3.73. The number of amides is 2. The molecule has 36 heavy (non-hydrogen) atoms. The van der Waals surface area contributed by atoms with E-state index >= 15 is 0 Å². The van der Waals surface area contributed by atoms with Crippen LogP contribution in [0, 0.1) is 0 Å². The van der Waals surface area contributed by atoms with Crippen LogP contribution in [-0.2, 0) is 4.79 Å². The lowest BCUT2D eigenvalue weighted by molar-refractivity contribution is -0.125. The summed E-state index contributed by atoms with van der Waals surface area (Å²) in [6.07, 6.45) is 2.50. The Labute approximate surface area is 217 Å². The first-order chi connectivity index (χ1) is 17.5. The molecule has 186 valence electrons. The third-order valence-electron chi connectivity index (χ3n) is 5.54. The average molecular weight is 503 g/mol. The quantitative estimate of drug-likeness (QED) is 0.227. The van der Waals surface area contributed by atoms with Crippen molar-refractivity contribution in [3.8, 4) is 0 Å². The van der Waals surface area contributed by atoms with Gasteiger partial charge in [0.1, 0.15) is 12.1 Å². The Morgan fingerprint density at radius 3 is 2.31 bits per heavy atom. The summed E-state index contributed by atoms with van der Waals surface area (Å²) in [6.45, 7) is 5.00. The number of halogens is 1. The molecule has 0 aliphatic heterocycles. The normalized spacial score (nSPS) is 11.2. The zero-order valence-electron chi connectivity index (χ0n) is 20.7. The summed E-state index contributed by atoms with van der Waals surface area (Å²) in [5.74, 6) is -0.444. The number of hydrogen-bond acceptors (Lipinski definition) is 4. The van der Waals surface area contributed by atoms with Crippen LogP contribution in [-0.4, -0.2) is 35.8 Å². The van der Waals surface area contributed by atoms with Gasteiger partial charge in [0.25, 0.3) is 5.91 Å². The predicted octanol–water partition coefficient (Wildman–Crippen LogP) is 6.99. The SMILES string of the molecule is CCCCNC(=O)C(c1ccccc1N=C=Nc1ccc(Cl)cc1)N(CCC)C(=O)c1ccccc1. The highest BCUT2D eigenvalue weighted by Gasteiger charge is 2.33. The summed E-state index contributed by atoms with van der Waals surface area (Å²) < 4.78 is 0. The van der Waals surface area contributed by atoms with E-state index in [1.54, 1.807) is 47.4 Å². The molecule has 0 fully saturated rings. The van der Waals surface area contributed by atoms with Crippen LogP contribution in [0.25, 0.3) is 0 Å². The Balaban J connectivity index is 2.04. The van der Waals surface area contributed by atoms with Crippen molar-refractivity contribution in [2.24, 2.45) is 9.98 Å². The monoisotopic (exact) mass is 502 g/mol. The van der Waals surface area contributed by atoms with Gasteiger partial charge in [0.15, 0.2) is 0 Å². The first-order valence-corrected chi connectivity index (χ1v) is 12.6. The van der Waals surface area contributed by atoms with Gasteiger partial charge in [0.2, 0.25) is 5.91 Å². The van der Waals surface area contributed by atoms with E-state index in [9.17, 15) is 9.59 Å². The molecule has 1 atom stereocenters. The average Bonchev–Trinajstić information content (AvgIpc) is 2.90. The van der Waals surface area contributed by atoms with Crippen LogP contribution >= 0.6 is 11.6 Å². The van der Waals surface area contributed by atoms with Crippen LogP contribution in [0.4, 0.5) is 11.4 Å². The number of carbonyl (C=O) groups excluding carboxylic acids is 2. The number of nitrogens with one attached hydrogen (secondary N) is 1. The van der Waals surface area contributed by atoms with E-state index in [1.807, 2.05) is 43.3 Å². The van der Waals surface area contributed by atoms with Crippen LogP contribution in [0.5, 0.6) is 0 Å². The molecular weight excluding hydrogens is 472 g/mol. The smallest absolute Gasteiger partial charge is 0.254 e. The number of carbonyl (C=O) groups is 2. The van der Waals surface area contributed by atoms with Crippen molar-refractivity contribution in [1.29, 1.82) is 0 Å². The highest BCUT2D eigenvalue weighted by molar-refractivity contribution is 6.30. The molecule has 0 bridgehead atoms. The highest BCUT2D eigenvalue weighted by Crippen LogP contribution is 2.31. The number of nitrogens with zero attached hydrogens (tertiary/aromatic N) is 3. The van der Waals surface area contributed by atoms with Crippen LogP contribution in [0.3, 0.4) is 0 Å². The molecule has 0 saturated carbocycles. The van der Waals surface area contributed by atoms with Gasteiger partial charge in [-0.2, -0.15) is 9.98 Å². The fraction of sp³-hybridized carbons (Fsp3) is 0.276. The minimum Gasteiger partial charge on any atom is -0.354 e. The molecule has 3 aromatic carbocycles. The maximum absolute atomic E-state index is 13.6. The van der Waals surface area contributed by atoms with Gasteiger partial charge in [-0.15, -0.1) is 0 Å². The van der Waals surface area contributed by atoms with Crippen molar-refractivity contribution >= 4 is 40.8 Å². The number of unbranched alkanes of at least 4 members (excludes halogenated alkanes) is 1. The van der Waals surface area contributed by atoms with Crippen molar-refractivity contribution in [2.75, 3.05) is 13.1 Å². The van der Waals surface area contributed by atoms with Crippen molar-refractivity contribution < 1.29 is 9.59 Å².